The van der Waals surface area contributed by atoms with Gasteiger partial charge in [-0.05, 0) is 18.6 Å². The Morgan fingerprint density at radius 2 is 2.25 bits per heavy atom. The molecule has 1 heteroatoms. The third kappa shape index (κ3) is 1.06. The fourth-order valence-electron chi connectivity index (χ4n) is 0.549. The minimum Gasteiger partial charge on any atom is -0.206 e. The van der Waals surface area contributed by atoms with Crippen LogP contribution in [-0.4, -0.2) is 0 Å². The maximum atomic E-state index is 12.1. The summed E-state index contributed by atoms with van der Waals surface area (Å²) in [4.78, 5) is 0. The number of hydrogen-bond acceptors (Lipinski definition) is 0. The second-order valence-corrected chi connectivity index (χ2v) is 1.68. The van der Waals surface area contributed by atoms with Crippen LogP contribution in [0.25, 0.3) is 0 Å². The Labute approximate surface area is 48.0 Å². The van der Waals surface area contributed by atoms with Crippen LogP contribution in [0.5, 0.6) is 0 Å². The van der Waals surface area contributed by atoms with E-state index in [1.54, 1.807) is 6.07 Å². The van der Waals surface area contributed by atoms with Gasteiger partial charge >= 0.3 is 0 Å². The summed E-state index contributed by atoms with van der Waals surface area (Å²) in [6.07, 6.45) is 0. The quantitative estimate of drug-likeness (QED) is 0.477. The van der Waals surface area contributed by atoms with Crippen molar-refractivity contribution in [2.45, 2.75) is 6.92 Å². The lowest BCUT2D eigenvalue weighted by molar-refractivity contribution is 0.624. The smallest absolute Gasteiger partial charge is 0.131 e. The van der Waals surface area contributed by atoms with Crippen molar-refractivity contribution in [2.24, 2.45) is 0 Å². The molecule has 0 amide bonds. The zero-order valence-corrected chi connectivity index (χ0v) is 4.61. The zero-order chi connectivity index (χ0) is 5.98. The van der Waals surface area contributed by atoms with Crippen molar-refractivity contribution in [2.75, 3.05) is 0 Å². The first kappa shape index (κ1) is 5.29. The van der Waals surface area contributed by atoms with E-state index in [1.165, 1.54) is 6.07 Å². The summed E-state index contributed by atoms with van der Waals surface area (Å²) < 4.78 is 12.1. The summed E-state index contributed by atoms with van der Waals surface area (Å²) in [5.74, 6) is -0.287. The summed E-state index contributed by atoms with van der Waals surface area (Å²) in [6.45, 7) is 1.81. The highest BCUT2D eigenvalue weighted by Gasteiger charge is 1.85. The monoisotopic (exact) mass is 109 g/mol. The molecular weight excluding hydrogens is 103 g/mol. The molecule has 0 unspecified atom stereocenters. The normalized spacial score (nSPS) is 9.25. The molecule has 0 aliphatic rings. The molecule has 41 valence electrons. The summed E-state index contributed by atoms with van der Waals surface area (Å²) in [5, 5.41) is 0. The van der Waals surface area contributed by atoms with Crippen LogP contribution < -0.4 is 0 Å². The average molecular weight is 109 g/mol. The van der Waals surface area contributed by atoms with Crippen LogP contribution in [0.2, 0.25) is 0 Å². The number of halogens is 1. The zero-order valence-electron chi connectivity index (χ0n) is 4.61. The molecule has 1 rings (SSSR count). The van der Waals surface area contributed by atoms with Gasteiger partial charge in [0.05, 0.1) is 0 Å². The van der Waals surface area contributed by atoms with E-state index in [2.05, 4.69) is 6.07 Å². The topological polar surface area (TPSA) is 0 Å². The van der Waals surface area contributed by atoms with E-state index >= 15 is 0 Å². The summed E-state index contributed by atoms with van der Waals surface area (Å²) >= 11 is 0. The SMILES string of the molecule is Cc1[c]c(F)ccc1. The van der Waals surface area contributed by atoms with Gasteiger partial charge in [-0.15, -0.1) is 0 Å². The van der Waals surface area contributed by atoms with Gasteiger partial charge in [-0.1, -0.05) is 12.1 Å². The molecule has 0 spiro atoms. The van der Waals surface area contributed by atoms with Crippen molar-refractivity contribution in [3.05, 3.63) is 35.6 Å². The largest absolute Gasteiger partial charge is 0.206 e. The highest BCUT2D eigenvalue weighted by molar-refractivity contribution is 5.11. The number of hydrogen-bond donors (Lipinski definition) is 0. The van der Waals surface area contributed by atoms with Crippen molar-refractivity contribution in [1.29, 1.82) is 0 Å². The molecule has 0 aliphatic heterocycles. The highest BCUT2D eigenvalue weighted by atomic mass is 19.1. The molecular formula is C7H6F. The molecule has 0 bridgehead atoms. The van der Waals surface area contributed by atoms with Crippen LogP contribution in [0, 0.1) is 18.8 Å². The molecule has 0 fully saturated rings. The molecule has 0 heterocycles. The molecule has 0 aromatic heterocycles. The summed E-state index contributed by atoms with van der Waals surface area (Å²) in [6, 6.07) is 7.36. The Morgan fingerprint density at radius 3 is 2.62 bits per heavy atom. The fraction of sp³-hybridized carbons (Fsp3) is 0.143. The maximum absolute atomic E-state index is 12.1. The van der Waals surface area contributed by atoms with E-state index in [0.29, 0.717) is 0 Å². The second-order valence-electron chi connectivity index (χ2n) is 1.68. The van der Waals surface area contributed by atoms with Crippen LogP contribution in [-0.2, 0) is 0 Å². The van der Waals surface area contributed by atoms with Crippen LogP contribution in [0.4, 0.5) is 4.39 Å². The summed E-state index contributed by atoms with van der Waals surface area (Å²) in [5.41, 5.74) is 0.838. The molecule has 1 radical (unpaired) electrons. The van der Waals surface area contributed by atoms with Gasteiger partial charge in [-0.2, -0.15) is 0 Å². The highest BCUT2D eigenvalue weighted by Crippen LogP contribution is 1.98. The molecule has 0 nitrogen and oxygen atoms in total. The van der Waals surface area contributed by atoms with Crippen LogP contribution in [0.15, 0.2) is 18.2 Å². The lowest BCUT2D eigenvalue weighted by Gasteiger charge is -1.86. The van der Waals surface area contributed by atoms with Gasteiger partial charge in [0, 0.05) is 6.07 Å². The van der Waals surface area contributed by atoms with E-state index in [4.69, 9.17) is 0 Å². The summed E-state index contributed by atoms with van der Waals surface area (Å²) in [7, 11) is 0. The number of benzene rings is 1. The van der Waals surface area contributed by atoms with Crippen molar-refractivity contribution in [3.8, 4) is 0 Å². The van der Waals surface area contributed by atoms with Gasteiger partial charge in [0.15, 0.2) is 0 Å². The minimum atomic E-state index is -0.287. The molecule has 0 saturated heterocycles. The maximum Gasteiger partial charge on any atom is 0.131 e. The van der Waals surface area contributed by atoms with E-state index in [0.717, 1.165) is 5.56 Å². The minimum absolute atomic E-state index is 0.287. The predicted molar refractivity (Wildman–Crippen MR) is 30.0 cm³/mol. The van der Waals surface area contributed by atoms with Gasteiger partial charge in [-0.25, -0.2) is 4.39 Å². The lowest BCUT2D eigenvalue weighted by atomic mass is 10.2. The molecule has 0 aliphatic carbocycles. The third-order valence-electron chi connectivity index (χ3n) is 0.905. The molecule has 1 aromatic carbocycles. The van der Waals surface area contributed by atoms with Crippen molar-refractivity contribution in [1.82, 2.24) is 0 Å². The Hall–Kier alpha value is -0.850. The van der Waals surface area contributed by atoms with Gasteiger partial charge in [0.25, 0.3) is 0 Å². The third-order valence-corrected chi connectivity index (χ3v) is 0.905. The van der Waals surface area contributed by atoms with E-state index in [1.807, 2.05) is 13.0 Å². The van der Waals surface area contributed by atoms with Crippen LogP contribution >= 0.6 is 0 Å². The molecule has 1 aromatic rings. The van der Waals surface area contributed by atoms with Gasteiger partial charge in [-0.3, -0.25) is 0 Å². The van der Waals surface area contributed by atoms with E-state index < -0.39 is 0 Å². The lowest BCUT2D eigenvalue weighted by Crippen LogP contribution is -1.73. The first-order valence-electron chi connectivity index (χ1n) is 2.43. The van der Waals surface area contributed by atoms with Gasteiger partial charge in [0.2, 0.25) is 0 Å². The second kappa shape index (κ2) is 1.95. The Morgan fingerprint density at radius 1 is 1.50 bits per heavy atom. The van der Waals surface area contributed by atoms with Crippen molar-refractivity contribution >= 4 is 0 Å². The molecule has 8 heavy (non-hydrogen) atoms. The van der Waals surface area contributed by atoms with Gasteiger partial charge in [0.1, 0.15) is 5.82 Å². The first-order valence-corrected chi connectivity index (χ1v) is 2.43. The van der Waals surface area contributed by atoms with Crippen LogP contribution in [0.1, 0.15) is 5.56 Å². The van der Waals surface area contributed by atoms with Crippen molar-refractivity contribution in [3.63, 3.8) is 0 Å². The average Bonchev–Trinajstić information content (AvgIpc) is 1.64. The van der Waals surface area contributed by atoms with E-state index in [9.17, 15) is 4.39 Å². The standard InChI is InChI=1S/C7H6F/c1-6-3-2-4-7(8)5-6/h2-4H,1H3. The Balaban J connectivity index is 3.08. The molecule has 0 saturated carbocycles. The Kier molecular flexibility index (Phi) is 1.29. The predicted octanol–water partition coefficient (Wildman–Crippen LogP) is 1.93. The van der Waals surface area contributed by atoms with E-state index in [-0.39, 0.29) is 5.82 Å². The van der Waals surface area contributed by atoms with Crippen molar-refractivity contribution < 1.29 is 4.39 Å². The first-order chi connectivity index (χ1) is 3.79. The number of aryl methyl sites for hydroxylation is 1. The number of rotatable bonds is 0. The molecule has 0 N–H and O–H groups in total. The Bertz CT molecular complexity index is 164. The van der Waals surface area contributed by atoms with Crippen LogP contribution in [0.3, 0.4) is 0 Å². The van der Waals surface area contributed by atoms with Gasteiger partial charge < -0.3 is 0 Å². The fourth-order valence-corrected chi connectivity index (χ4v) is 0.549. The molecule has 0 atom stereocenters.